The van der Waals surface area contributed by atoms with Gasteiger partial charge in [0.1, 0.15) is 17.3 Å². The number of nitrogens with two attached hydrogens (primary N) is 1. The molecule has 8 heteroatoms. The zero-order chi connectivity index (χ0) is 17.2. The first-order valence-electron chi connectivity index (χ1n) is 8.23. The second-order valence-electron chi connectivity index (χ2n) is 5.97. The molecule has 0 unspecified atom stereocenters. The van der Waals surface area contributed by atoms with Crippen LogP contribution in [0, 0.1) is 0 Å². The highest BCUT2D eigenvalue weighted by Crippen LogP contribution is 2.25. The molecule has 0 aliphatic carbocycles. The zero-order valence-corrected chi connectivity index (χ0v) is 13.6. The third-order valence-electron chi connectivity index (χ3n) is 4.20. The van der Waals surface area contributed by atoms with Gasteiger partial charge in [0, 0.05) is 24.8 Å². The lowest BCUT2D eigenvalue weighted by Crippen LogP contribution is -2.21. The maximum atomic E-state index is 12.2. The maximum Gasteiger partial charge on any atom is 0.323 e. The highest BCUT2D eigenvalue weighted by molar-refractivity contribution is 6.01. The first-order chi connectivity index (χ1) is 12.2. The smallest absolute Gasteiger partial charge is 0.323 e. The molecule has 128 valence electrons. The van der Waals surface area contributed by atoms with Gasteiger partial charge in [0.05, 0.1) is 6.20 Å². The van der Waals surface area contributed by atoms with Crippen molar-refractivity contribution < 1.29 is 4.79 Å². The fourth-order valence-corrected chi connectivity index (χ4v) is 2.98. The molecule has 1 aliphatic rings. The lowest BCUT2D eigenvalue weighted by atomic mass is 10.3. The zero-order valence-electron chi connectivity index (χ0n) is 13.6. The molecule has 4 N–H and O–H groups in total. The summed E-state index contributed by atoms with van der Waals surface area (Å²) in [4.78, 5) is 19.1. The minimum absolute atomic E-state index is 0.354. The number of carbonyl (C=O) groups excluding carboxylic acids is 1. The van der Waals surface area contributed by atoms with Crippen molar-refractivity contribution in [2.45, 2.75) is 12.8 Å². The van der Waals surface area contributed by atoms with Gasteiger partial charge in [0.2, 0.25) is 0 Å². The molecule has 4 rings (SSSR count). The summed E-state index contributed by atoms with van der Waals surface area (Å²) in [5.41, 5.74) is 7.86. The molecular weight excluding hydrogens is 318 g/mol. The second-order valence-corrected chi connectivity index (χ2v) is 5.97. The maximum absolute atomic E-state index is 12.2. The van der Waals surface area contributed by atoms with Crippen LogP contribution < -0.4 is 21.3 Å². The Hall–Kier alpha value is -3.29. The molecule has 0 saturated carbocycles. The molecule has 3 heterocycles. The van der Waals surface area contributed by atoms with Crippen molar-refractivity contribution in [3.63, 3.8) is 0 Å². The van der Waals surface area contributed by atoms with E-state index in [1.54, 1.807) is 6.20 Å². The van der Waals surface area contributed by atoms with E-state index >= 15 is 0 Å². The van der Waals surface area contributed by atoms with E-state index in [-0.39, 0.29) is 6.03 Å². The molecule has 0 spiro atoms. The molecule has 1 aliphatic heterocycles. The molecule has 1 aromatic carbocycles. The Morgan fingerprint density at radius 1 is 1.12 bits per heavy atom. The summed E-state index contributed by atoms with van der Waals surface area (Å²) in [6.45, 7) is 1.93. The van der Waals surface area contributed by atoms with E-state index in [0.717, 1.165) is 31.7 Å². The average Bonchev–Trinajstić information content (AvgIpc) is 3.26. The lowest BCUT2D eigenvalue weighted by Gasteiger charge is -2.17. The molecule has 2 amide bonds. The number of aromatic nitrogens is 3. The van der Waals surface area contributed by atoms with Crippen molar-refractivity contribution >= 4 is 34.7 Å². The molecule has 1 saturated heterocycles. The van der Waals surface area contributed by atoms with Crippen LogP contribution in [0.5, 0.6) is 0 Å². The number of fused-ring (bicyclic) bond motifs is 1. The van der Waals surface area contributed by atoms with Crippen LogP contribution in [0.1, 0.15) is 12.8 Å². The number of nitrogens with zero attached hydrogens (tertiary/aromatic N) is 4. The second kappa shape index (κ2) is 6.31. The normalized spacial score (nSPS) is 14.0. The van der Waals surface area contributed by atoms with Gasteiger partial charge in [-0.25, -0.2) is 9.78 Å². The minimum Gasteiger partial charge on any atom is -0.383 e. The van der Waals surface area contributed by atoms with Gasteiger partial charge in [0.15, 0.2) is 5.65 Å². The van der Waals surface area contributed by atoms with E-state index in [2.05, 4.69) is 25.6 Å². The van der Waals surface area contributed by atoms with E-state index in [0.29, 0.717) is 22.8 Å². The number of benzene rings is 1. The van der Waals surface area contributed by atoms with Crippen LogP contribution in [0.3, 0.4) is 0 Å². The summed E-state index contributed by atoms with van der Waals surface area (Å²) < 4.78 is 1.53. The highest BCUT2D eigenvalue weighted by atomic mass is 16.2. The van der Waals surface area contributed by atoms with Crippen LogP contribution in [0.15, 0.2) is 42.6 Å². The predicted molar refractivity (Wildman–Crippen MR) is 97.9 cm³/mol. The number of anilines is 4. The van der Waals surface area contributed by atoms with Crippen LogP contribution in [0.4, 0.5) is 27.8 Å². The van der Waals surface area contributed by atoms with Gasteiger partial charge >= 0.3 is 6.03 Å². The summed E-state index contributed by atoms with van der Waals surface area (Å²) in [6, 6.07) is 10.7. The fraction of sp³-hybridized carbons (Fsp3) is 0.235. The van der Waals surface area contributed by atoms with E-state index < -0.39 is 0 Å². The van der Waals surface area contributed by atoms with Crippen molar-refractivity contribution in [2.24, 2.45) is 0 Å². The molecule has 0 bridgehead atoms. The van der Waals surface area contributed by atoms with Crippen molar-refractivity contribution in [1.82, 2.24) is 14.6 Å². The number of urea groups is 1. The number of rotatable bonds is 3. The lowest BCUT2D eigenvalue weighted by molar-refractivity contribution is 0.262. The number of nitrogen functional groups attached to an aromatic ring is 1. The SMILES string of the molecule is Nc1cc(N2CCCC2)nc2c(NC(=O)Nc3ccccc3)cnn12. The Bertz CT molecular complexity index is 900. The summed E-state index contributed by atoms with van der Waals surface area (Å²) in [6.07, 6.45) is 3.85. The van der Waals surface area contributed by atoms with Crippen molar-refractivity contribution in [3.8, 4) is 0 Å². The van der Waals surface area contributed by atoms with Crippen LogP contribution in [0.2, 0.25) is 0 Å². The fourth-order valence-electron chi connectivity index (χ4n) is 2.98. The predicted octanol–water partition coefficient (Wildman–Crippen LogP) is 2.56. The van der Waals surface area contributed by atoms with Crippen molar-refractivity contribution in [3.05, 3.63) is 42.6 Å². The minimum atomic E-state index is -0.354. The quantitative estimate of drug-likeness (QED) is 0.682. The monoisotopic (exact) mass is 337 g/mol. The summed E-state index contributed by atoms with van der Waals surface area (Å²) in [5, 5.41) is 9.78. The average molecular weight is 337 g/mol. The van der Waals surface area contributed by atoms with Gasteiger partial charge in [-0.3, -0.25) is 0 Å². The summed E-state index contributed by atoms with van der Waals surface area (Å²) >= 11 is 0. The van der Waals surface area contributed by atoms with E-state index in [4.69, 9.17) is 5.73 Å². The van der Waals surface area contributed by atoms with E-state index in [9.17, 15) is 4.79 Å². The number of carbonyl (C=O) groups is 1. The summed E-state index contributed by atoms with van der Waals surface area (Å²) in [7, 11) is 0. The number of hydrogen-bond donors (Lipinski definition) is 3. The largest absolute Gasteiger partial charge is 0.383 e. The first kappa shape index (κ1) is 15.3. The standard InChI is InChI=1S/C17H19N7O/c18-14-10-15(23-8-4-5-9-23)22-16-13(11-19-24(14)16)21-17(25)20-12-6-2-1-3-7-12/h1-3,6-7,10-11H,4-5,8-9,18H2,(H2,20,21,25). The molecule has 0 atom stereocenters. The third-order valence-corrected chi connectivity index (χ3v) is 4.20. The van der Waals surface area contributed by atoms with E-state index in [1.165, 1.54) is 4.52 Å². The van der Waals surface area contributed by atoms with Crippen molar-refractivity contribution in [2.75, 3.05) is 34.4 Å². The molecule has 1 fully saturated rings. The molecule has 25 heavy (non-hydrogen) atoms. The topological polar surface area (TPSA) is 101 Å². The Balaban J connectivity index is 1.60. The van der Waals surface area contributed by atoms with Gasteiger partial charge in [0.25, 0.3) is 0 Å². The van der Waals surface area contributed by atoms with Crippen molar-refractivity contribution in [1.29, 1.82) is 0 Å². The summed E-state index contributed by atoms with van der Waals surface area (Å²) in [5.74, 6) is 1.30. The van der Waals surface area contributed by atoms with Gasteiger partial charge < -0.3 is 21.3 Å². The molecule has 3 aromatic rings. The Kier molecular flexibility index (Phi) is 3.85. The van der Waals surface area contributed by atoms with Gasteiger partial charge in [-0.2, -0.15) is 9.61 Å². The van der Waals surface area contributed by atoms with Gasteiger partial charge in [-0.15, -0.1) is 0 Å². The van der Waals surface area contributed by atoms with Crippen LogP contribution in [-0.2, 0) is 0 Å². The number of nitrogens with one attached hydrogen (secondary N) is 2. The van der Waals surface area contributed by atoms with Gasteiger partial charge in [-0.1, -0.05) is 18.2 Å². The Morgan fingerprint density at radius 2 is 1.88 bits per heavy atom. The van der Waals surface area contributed by atoms with Crippen LogP contribution in [0.25, 0.3) is 5.65 Å². The first-order valence-corrected chi connectivity index (χ1v) is 8.23. The molecule has 8 nitrogen and oxygen atoms in total. The molecular formula is C17H19N7O. The molecule has 2 aromatic heterocycles. The Labute approximate surface area is 144 Å². The van der Waals surface area contributed by atoms with Crippen LogP contribution in [-0.4, -0.2) is 33.7 Å². The Morgan fingerprint density at radius 3 is 2.64 bits per heavy atom. The number of amides is 2. The molecule has 0 radical (unpaired) electrons. The van der Waals surface area contributed by atoms with Gasteiger partial charge in [-0.05, 0) is 25.0 Å². The third kappa shape index (κ3) is 3.06. The number of hydrogen-bond acceptors (Lipinski definition) is 5. The number of para-hydroxylation sites is 1. The van der Waals surface area contributed by atoms with E-state index in [1.807, 2.05) is 36.4 Å². The highest BCUT2D eigenvalue weighted by Gasteiger charge is 2.18. The van der Waals surface area contributed by atoms with Crippen LogP contribution >= 0.6 is 0 Å².